The maximum Gasteiger partial charge on any atom is 0.251 e. The molecule has 0 saturated heterocycles. The number of nitrogens with two attached hydrogens (primary N) is 1. The fourth-order valence-corrected chi connectivity index (χ4v) is 1.35. The monoisotopic (exact) mass is 234 g/mol. The molecule has 2 rings (SSSR count). The molecular weight excluding hydrogens is 223 g/mol. The first-order valence-electron chi connectivity index (χ1n) is 4.98. The second kappa shape index (κ2) is 4.65. The highest BCUT2D eigenvalue weighted by molar-refractivity contribution is 5.94. The number of imidazole rings is 1. The maximum atomic E-state index is 12.9. The largest absolute Gasteiger partial charge is 0.396 e. The van der Waals surface area contributed by atoms with Crippen molar-refractivity contribution in [3.63, 3.8) is 0 Å². The molecule has 1 heterocycles. The van der Waals surface area contributed by atoms with E-state index in [-0.39, 0.29) is 18.1 Å². The number of nitrogens with one attached hydrogen (secondary N) is 2. The van der Waals surface area contributed by atoms with Crippen LogP contribution in [0.25, 0.3) is 0 Å². The van der Waals surface area contributed by atoms with Crippen LogP contribution in [0.4, 0.5) is 10.1 Å². The first kappa shape index (κ1) is 11.1. The molecule has 0 radical (unpaired) electrons. The fraction of sp³-hybridized carbons (Fsp3) is 0.0909. The van der Waals surface area contributed by atoms with Gasteiger partial charge in [0.25, 0.3) is 5.91 Å². The van der Waals surface area contributed by atoms with E-state index >= 15 is 0 Å². The van der Waals surface area contributed by atoms with Gasteiger partial charge in [-0.2, -0.15) is 0 Å². The number of rotatable bonds is 3. The molecule has 0 fully saturated rings. The van der Waals surface area contributed by atoms with Crippen LogP contribution in [-0.4, -0.2) is 15.9 Å². The number of halogens is 1. The Morgan fingerprint density at radius 1 is 1.53 bits per heavy atom. The number of carbonyl (C=O) groups excluding carboxylic acids is 1. The van der Waals surface area contributed by atoms with Gasteiger partial charge in [-0.15, -0.1) is 0 Å². The van der Waals surface area contributed by atoms with E-state index in [2.05, 4.69) is 15.3 Å². The molecule has 88 valence electrons. The predicted octanol–water partition coefficient (Wildman–Crippen LogP) is 1.06. The van der Waals surface area contributed by atoms with E-state index in [1.54, 1.807) is 12.4 Å². The number of hydrogen-bond acceptors (Lipinski definition) is 3. The van der Waals surface area contributed by atoms with Crippen LogP contribution in [0.5, 0.6) is 0 Å². The van der Waals surface area contributed by atoms with Gasteiger partial charge in [-0.3, -0.25) is 4.79 Å². The Bertz CT molecular complexity index is 524. The summed E-state index contributed by atoms with van der Waals surface area (Å²) in [6.07, 6.45) is 3.26. The minimum atomic E-state index is -0.535. The van der Waals surface area contributed by atoms with Gasteiger partial charge < -0.3 is 16.0 Å². The molecule has 1 aromatic heterocycles. The lowest BCUT2D eigenvalue weighted by atomic mass is 10.2. The Labute approximate surface area is 96.9 Å². The Hall–Kier alpha value is -2.37. The van der Waals surface area contributed by atoms with E-state index in [4.69, 9.17) is 5.73 Å². The normalized spacial score (nSPS) is 10.2. The lowest BCUT2D eigenvalue weighted by molar-refractivity contribution is 0.0950. The number of hydrogen-bond donors (Lipinski definition) is 3. The summed E-state index contributed by atoms with van der Waals surface area (Å²) in [5.74, 6) is -0.214. The Balaban J connectivity index is 2.02. The standard InChI is InChI=1S/C11H11FN4O/c12-8-2-1-7(5-9(8)13)11(17)16-6-10-14-3-4-15-10/h1-5H,6,13H2,(H,14,15)(H,16,17). The van der Waals surface area contributed by atoms with Crippen molar-refractivity contribution in [3.05, 3.63) is 47.8 Å². The number of aromatic amines is 1. The second-order valence-corrected chi connectivity index (χ2v) is 3.45. The number of nitrogen functional groups attached to an aromatic ring is 1. The van der Waals surface area contributed by atoms with E-state index in [1.165, 1.54) is 12.1 Å². The van der Waals surface area contributed by atoms with E-state index < -0.39 is 5.82 Å². The highest BCUT2D eigenvalue weighted by Gasteiger charge is 2.08. The van der Waals surface area contributed by atoms with Gasteiger partial charge in [0, 0.05) is 18.0 Å². The molecule has 0 saturated carbocycles. The number of nitrogens with zero attached hydrogens (tertiary/aromatic N) is 1. The number of H-pyrrole nitrogens is 1. The number of aromatic nitrogens is 2. The molecule has 0 aliphatic carbocycles. The second-order valence-electron chi connectivity index (χ2n) is 3.45. The highest BCUT2D eigenvalue weighted by Crippen LogP contribution is 2.12. The lowest BCUT2D eigenvalue weighted by Crippen LogP contribution is -2.23. The zero-order valence-corrected chi connectivity index (χ0v) is 8.90. The van der Waals surface area contributed by atoms with Crippen LogP contribution in [0, 0.1) is 5.82 Å². The van der Waals surface area contributed by atoms with Gasteiger partial charge >= 0.3 is 0 Å². The summed E-state index contributed by atoms with van der Waals surface area (Å²) >= 11 is 0. The van der Waals surface area contributed by atoms with Gasteiger partial charge in [-0.25, -0.2) is 9.37 Å². The molecule has 1 aromatic carbocycles. The zero-order valence-electron chi connectivity index (χ0n) is 8.90. The quantitative estimate of drug-likeness (QED) is 0.694. The average Bonchev–Trinajstić information content (AvgIpc) is 2.82. The van der Waals surface area contributed by atoms with Crippen LogP contribution in [0.15, 0.2) is 30.6 Å². The molecule has 17 heavy (non-hydrogen) atoms. The summed E-state index contributed by atoms with van der Waals surface area (Å²) in [6.45, 7) is 0.281. The molecule has 0 spiro atoms. The van der Waals surface area contributed by atoms with Crippen molar-refractivity contribution in [2.24, 2.45) is 0 Å². The summed E-state index contributed by atoms with van der Waals surface area (Å²) in [5.41, 5.74) is 5.65. The van der Waals surface area contributed by atoms with Crippen LogP contribution < -0.4 is 11.1 Å². The summed E-state index contributed by atoms with van der Waals surface area (Å²) in [6, 6.07) is 3.84. The van der Waals surface area contributed by atoms with Gasteiger partial charge in [0.15, 0.2) is 0 Å². The highest BCUT2D eigenvalue weighted by atomic mass is 19.1. The van der Waals surface area contributed by atoms with Crippen molar-refractivity contribution in [3.8, 4) is 0 Å². The molecule has 0 bridgehead atoms. The van der Waals surface area contributed by atoms with E-state index in [9.17, 15) is 9.18 Å². The minimum absolute atomic E-state index is 0.0457. The summed E-state index contributed by atoms with van der Waals surface area (Å²) in [4.78, 5) is 18.5. The number of amides is 1. The van der Waals surface area contributed by atoms with E-state index in [0.717, 1.165) is 6.07 Å². The van der Waals surface area contributed by atoms with Crippen molar-refractivity contribution in [1.29, 1.82) is 0 Å². The maximum absolute atomic E-state index is 12.9. The predicted molar refractivity (Wildman–Crippen MR) is 60.6 cm³/mol. The lowest BCUT2D eigenvalue weighted by Gasteiger charge is -2.04. The number of carbonyl (C=O) groups is 1. The van der Waals surface area contributed by atoms with Crippen LogP contribution in [0.1, 0.15) is 16.2 Å². The smallest absolute Gasteiger partial charge is 0.251 e. The van der Waals surface area contributed by atoms with Crippen molar-refractivity contribution >= 4 is 11.6 Å². The molecule has 1 amide bonds. The third-order valence-corrected chi connectivity index (χ3v) is 2.23. The first-order chi connectivity index (χ1) is 8.16. The summed E-state index contributed by atoms with van der Waals surface area (Å²) in [7, 11) is 0. The Morgan fingerprint density at radius 3 is 3.00 bits per heavy atom. The Morgan fingerprint density at radius 2 is 2.35 bits per heavy atom. The molecule has 6 heteroatoms. The van der Waals surface area contributed by atoms with Crippen molar-refractivity contribution in [2.45, 2.75) is 6.54 Å². The molecule has 0 aliphatic heterocycles. The Kier molecular flexibility index (Phi) is 3.04. The SMILES string of the molecule is Nc1cc(C(=O)NCc2ncc[nH]2)ccc1F. The van der Waals surface area contributed by atoms with Crippen molar-refractivity contribution in [1.82, 2.24) is 15.3 Å². The number of anilines is 1. The van der Waals surface area contributed by atoms with Crippen molar-refractivity contribution < 1.29 is 9.18 Å². The van der Waals surface area contributed by atoms with Gasteiger partial charge in [0.2, 0.25) is 0 Å². The molecule has 4 N–H and O–H groups in total. The van der Waals surface area contributed by atoms with E-state index in [1.807, 2.05) is 0 Å². The first-order valence-corrected chi connectivity index (χ1v) is 4.98. The van der Waals surface area contributed by atoms with Crippen LogP contribution in [0.3, 0.4) is 0 Å². The molecule has 0 aliphatic rings. The van der Waals surface area contributed by atoms with Crippen LogP contribution in [-0.2, 0) is 6.54 Å². The molecule has 2 aromatic rings. The third kappa shape index (κ3) is 2.60. The summed E-state index contributed by atoms with van der Waals surface area (Å²) in [5, 5.41) is 2.64. The molecule has 0 atom stereocenters. The third-order valence-electron chi connectivity index (χ3n) is 2.23. The molecule has 0 unspecified atom stereocenters. The molecule has 5 nitrogen and oxygen atoms in total. The summed E-state index contributed by atoms with van der Waals surface area (Å²) < 4.78 is 12.9. The van der Waals surface area contributed by atoms with E-state index in [0.29, 0.717) is 11.4 Å². The minimum Gasteiger partial charge on any atom is -0.396 e. The van der Waals surface area contributed by atoms with Crippen LogP contribution in [0.2, 0.25) is 0 Å². The topological polar surface area (TPSA) is 83.8 Å². The van der Waals surface area contributed by atoms with Gasteiger partial charge in [0.1, 0.15) is 11.6 Å². The number of benzene rings is 1. The van der Waals surface area contributed by atoms with Crippen molar-refractivity contribution in [2.75, 3.05) is 5.73 Å². The fourth-order valence-electron chi connectivity index (χ4n) is 1.35. The van der Waals surface area contributed by atoms with Gasteiger partial charge in [0.05, 0.1) is 12.2 Å². The average molecular weight is 234 g/mol. The zero-order chi connectivity index (χ0) is 12.3. The molecular formula is C11H11FN4O. The van der Waals surface area contributed by atoms with Gasteiger partial charge in [-0.1, -0.05) is 0 Å². The van der Waals surface area contributed by atoms with Gasteiger partial charge in [-0.05, 0) is 18.2 Å². The van der Waals surface area contributed by atoms with Crippen LogP contribution >= 0.6 is 0 Å².